The first-order valence-corrected chi connectivity index (χ1v) is 7.93. The highest BCUT2D eigenvalue weighted by atomic mass is 35.5. The van der Waals surface area contributed by atoms with Crippen LogP contribution in [-0.4, -0.2) is 54.8 Å². The van der Waals surface area contributed by atoms with Gasteiger partial charge in [-0.1, -0.05) is 23.2 Å². The van der Waals surface area contributed by atoms with Crippen LogP contribution in [0.4, 0.5) is 0 Å². The molecule has 0 aliphatic heterocycles. The zero-order valence-electron chi connectivity index (χ0n) is 12.4. The number of aliphatic hydroxyl groups excluding tert-OH is 1. The molecule has 0 radical (unpaired) electrons. The van der Waals surface area contributed by atoms with Gasteiger partial charge in [-0.3, -0.25) is 9.69 Å². The van der Waals surface area contributed by atoms with E-state index >= 15 is 0 Å². The van der Waals surface area contributed by atoms with Gasteiger partial charge in [0, 0.05) is 23.7 Å². The van der Waals surface area contributed by atoms with Gasteiger partial charge in [-0.25, -0.2) is 0 Å². The predicted octanol–water partition coefficient (Wildman–Crippen LogP) is 1.94. The Labute approximate surface area is 140 Å². The number of aliphatic hydroxyl groups is 1. The Morgan fingerprint density at radius 1 is 1.50 bits per heavy atom. The maximum atomic E-state index is 11.6. The van der Waals surface area contributed by atoms with Gasteiger partial charge >= 0.3 is 0 Å². The first-order chi connectivity index (χ1) is 10.4. The number of hydrogen-bond donors (Lipinski definition) is 2. The molecule has 1 amide bonds. The summed E-state index contributed by atoms with van der Waals surface area (Å²) in [7, 11) is 1.78. The topological polar surface area (TPSA) is 61.8 Å². The fourth-order valence-corrected chi connectivity index (χ4v) is 2.33. The average Bonchev–Trinajstić information content (AvgIpc) is 3.23. The number of nitrogens with one attached hydrogen (secondary N) is 1. The molecule has 2 rings (SSSR count). The molecule has 0 aromatic heterocycles. The minimum absolute atomic E-state index is 0.0176. The van der Waals surface area contributed by atoms with Crippen LogP contribution in [0.15, 0.2) is 18.2 Å². The van der Waals surface area contributed by atoms with Crippen molar-refractivity contribution in [2.45, 2.75) is 25.0 Å². The number of hydrogen-bond acceptors (Lipinski definition) is 4. The normalized spacial score (nSPS) is 15.7. The number of amides is 1. The second-order valence-electron chi connectivity index (χ2n) is 5.58. The number of carbonyl (C=O) groups is 1. The number of likely N-dealkylation sites (N-methyl/N-ethyl adjacent to an activating group) is 1. The maximum Gasteiger partial charge on any atom is 0.234 e. The van der Waals surface area contributed by atoms with Gasteiger partial charge < -0.3 is 15.2 Å². The molecule has 1 aromatic rings. The Morgan fingerprint density at radius 2 is 2.23 bits per heavy atom. The van der Waals surface area contributed by atoms with Crippen molar-refractivity contribution in [1.82, 2.24) is 10.2 Å². The van der Waals surface area contributed by atoms with E-state index in [0.29, 0.717) is 28.4 Å². The van der Waals surface area contributed by atoms with Gasteiger partial charge in [-0.2, -0.15) is 0 Å². The van der Waals surface area contributed by atoms with Crippen molar-refractivity contribution in [2.24, 2.45) is 0 Å². The molecule has 0 saturated heterocycles. The van der Waals surface area contributed by atoms with Gasteiger partial charge in [0.05, 0.1) is 11.6 Å². The van der Waals surface area contributed by atoms with Gasteiger partial charge in [0.2, 0.25) is 5.91 Å². The van der Waals surface area contributed by atoms with E-state index in [1.165, 1.54) is 0 Å². The van der Waals surface area contributed by atoms with Crippen LogP contribution in [0.3, 0.4) is 0 Å². The zero-order valence-corrected chi connectivity index (χ0v) is 13.9. The highest BCUT2D eigenvalue weighted by Gasteiger charge is 2.23. The molecule has 5 nitrogen and oxygen atoms in total. The molecule has 22 heavy (non-hydrogen) atoms. The summed E-state index contributed by atoms with van der Waals surface area (Å²) in [5.41, 5.74) is 0. The van der Waals surface area contributed by atoms with Crippen molar-refractivity contribution in [3.05, 3.63) is 28.2 Å². The van der Waals surface area contributed by atoms with Crippen LogP contribution in [0.2, 0.25) is 10.0 Å². The number of ether oxygens (including phenoxy) is 1. The molecule has 0 spiro atoms. The molecule has 1 saturated carbocycles. The van der Waals surface area contributed by atoms with E-state index in [0.717, 1.165) is 12.8 Å². The maximum absolute atomic E-state index is 11.6. The molecule has 1 fully saturated rings. The first-order valence-electron chi connectivity index (χ1n) is 7.18. The number of nitrogens with zero attached hydrogens (tertiary/aromatic N) is 1. The molecule has 122 valence electrons. The van der Waals surface area contributed by atoms with Gasteiger partial charge in [0.1, 0.15) is 18.5 Å². The average molecular weight is 347 g/mol. The Kier molecular flexibility index (Phi) is 6.32. The molecule has 7 heteroatoms. The third-order valence-electron chi connectivity index (χ3n) is 3.20. The fraction of sp³-hybridized carbons (Fsp3) is 0.533. The summed E-state index contributed by atoms with van der Waals surface area (Å²) in [6.45, 7) is 0.663. The van der Waals surface area contributed by atoms with Gasteiger partial charge in [-0.15, -0.1) is 0 Å². The van der Waals surface area contributed by atoms with Crippen LogP contribution in [0.1, 0.15) is 12.8 Å². The van der Waals surface area contributed by atoms with Crippen LogP contribution in [-0.2, 0) is 4.79 Å². The predicted molar refractivity (Wildman–Crippen MR) is 86.6 cm³/mol. The summed E-state index contributed by atoms with van der Waals surface area (Å²) in [6.07, 6.45) is 1.40. The molecule has 1 atom stereocenters. The zero-order chi connectivity index (χ0) is 16.1. The molecular formula is C15H20Cl2N2O3. The molecule has 2 N–H and O–H groups in total. The Bertz CT molecular complexity index is 524. The summed E-state index contributed by atoms with van der Waals surface area (Å²) < 4.78 is 5.47. The van der Waals surface area contributed by atoms with E-state index in [2.05, 4.69) is 5.32 Å². The van der Waals surface area contributed by atoms with Crippen LogP contribution in [0.25, 0.3) is 0 Å². The fourth-order valence-electron chi connectivity index (χ4n) is 2.00. The minimum atomic E-state index is -0.728. The lowest BCUT2D eigenvalue weighted by Crippen LogP contribution is -2.40. The largest absolute Gasteiger partial charge is 0.489 e. The molecule has 0 bridgehead atoms. The van der Waals surface area contributed by atoms with E-state index in [9.17, 15) is 9.90 Å². The molecule has 0 heterocycles. The monoisotopic (exact) mass is 346 g/mol. The van der Waals surface area contributed by atoms with E-state index in [1.807, 2.05) is 0 Å². The Morgan fingerprint density at radius 3 is 2.91 bits per heavy atom. The third-order valence-corrected chi connectivity index (χ3v) is 3.75. The highest BCUT2D eigenvalue weighted by Crippen LogP contribution is 2.27. The smallest absolute Gasteiger partial charge is 0.234 e. The van der Waals surface area contributed by atoms with E-state index in [4.69, 9.17) is 27.9 Å². The van der Waals surface area contributed by atoms with Crippen molar-refractivity contribution in [3.8, 4) is 5.75 Å². The van der Waals surface area contributed by atoms with Crippen molar-refractivity contribution < 1.29 is 14.6 Å². The summed E-state index contributed by atoms with van der Waals surface area (Å²) in [5.74, 6) is 0.415. The molecule has 1 aromatic carbocycles. The van der Waals surface area contributed by atoms with E-state index in [-0.39, 0.29) is 19.1 Å². The van der Waals surface area contributed by atoms with Crippen molar-refractivity contribution in [1.29, 1.82) is 0 Å². The van der Waals surface area contributed by atoms with Crippen LogP contribution in [0, 0.1) is 0 Å². The highest BCUT2D eigenvalue weighted by molar-refractivity contribution is 6.34. The number of halogens is 2. The van der Waals surface area contributed by atoms with Crippen LogP contribution < -0.4 is 10.1 Å². The summed E-state index contributed by atoms with van der Waals surface area (Å²) in [5, 5.41) is 13.8. The standard InChI is InChI=1S/C15H20Cl2N2O3/c1-19(8-15(21)18-11-3-4-11)7-12(20)9-22-14-6-10(16)2-5-13(14)17/h2,5-6,11-12,20H,3-4,7-9H2,1H3,(H,18,21). The molecular weight excluding hydrogens is 327 g/mol. The lowest BCUT2D eigenvalue weighted by molar-refractivity contribution is -0.122. The molecule has 1 aliphatic rings. The summed E-state index contributed by atoms with van der Waals surface area (Å²) in [4.78, 5) is 13.4. The van der Waals surface area contributed by atoms with Crippen molar-refractivity contribution in [3.63, 3.8) is 0 Å². The Balaban J connectivity index is 1.71. The lowest BCUT2D eigenvalue weighted by Gasteiger charge is -2.20. The number of rotatable bonds is 8. The SMILES string of the molecule is CN(CC(=O)NC1CC1)CC(O)COc1cc(Cl)ccc1Cl. The van der Waals surface area contributed by atoms with Gasteiger partial charge in [0.25, 0.3) is 0 Å². The number of benzene rings is 1. The van der Waals surface area contributed by atoms with Crippen molar-refractivity contribution >= 4 is 29.1 Å². The van der Waals surface area contributed by atoms with Crippen LogP contribution >= 0.6 is 23.2 Å². The van der Waals surface area contributed by atoms with Gasteiger partial charge in [0.15, 0.2) is 0 Å². The second kappa shape index (κ2) is 8.02. The van der Waals surface area contributed by atoms with E-state index in [1.54, 1.807) is 30.1 Å². The Hall–Kier alpha value is -1.01. The number of carbonyl (C=O) groups excluding carboxylic acids is 1. The summed E-state index contributed by atoms with van der Waals surface area (Å²) >= 11 is 11.8. The van der Waals surface area contributed by atoms with E-state index < -0.39 is 6.10 Å². The van der Waals surface area contributed by atoms with Crippen molar-refractivity contribution in [2.75, 3.05) is 26.7 Å². The lowest BCUT2D eigenvalue weighted by atomic mass is 10.3. The molecule has 1 aliphatic carbocycles. The quantitative estimate of drug-likeness (QED) is 0.755. The molecule has 1 unspecified atom stereocenters. The van der Waals surface area contributed by atoms with Gasteiger partial charge in [-0.05, 0) is 32.0 Å². The second-order valence-corrected chi connectivity index (χ2v) is 6.42. The summed E-state index contributed by atoms with van der Waals surface area (Å²) in [6, 6.07) is 5.25. The third kappa shape index (κ3) is 6.01. The first kappa shape index (κ1) is 17.3. The minimum Gasteiger partial charge on any atom is -0.489 e. The van der Waals surface area contributed by atoms with Crippen LogP contribution in [0.5, 0.6) is 5.75 Å².